The van der Waals surface area contributed by atoms with E-state index < -0.39 is 0 Å². The standard InChI is InChI=1S/C19H18FN5/c20-16-9-7-14(8-10-16)12-21-19-23-18(13-22-24-19)25-11-3-5-15-4-1-2-6-17(15)25/h1-2,4,6-10,13H,3,5,11-12H2,(H,21,23,24). The van der Waals surface area contributed by atoms with Gasteiger partial charge in [0.05, 0.1) is 6.20 Å². The molecule has 0 spiro atoms. The number of benzene rings is 2. The van der Waals surface area contributed by atoms with E-state index in [2.05, 4.69) is 43.6 Å². The predicted molar refractivity (Wildman–Crippen MR) is 95.3 cm³/mol. The van der Waals surface area contributed by atoms with E-state index in [9.17, 15) is 4.39 Å². The normalized spacial score (nSPS) is 13.4. The molecule has 126 valence electrons. The Labute approximate surface area is 145 Å². The van der Waals surface area contributed by atoms with Crippen LogP contribution in [0.5, 0.6) is 0 Å². The lowest BCUT2D eigenvalue weighted by molar-refractivity contribution is 0.627. The summed E-state index contributed by atoms with van der Waals surface area (Å²) in [5.41, 5.74) is 3.46. The summed E-state index contributed by atoms with van der Waals surface area (Å²) in [4.78, 5) is 6.77. The maximum absolute atomic E-state index is 13.0. The minimum atomic E-state index is -0.243. The Hall–Kier alpha value is -3.02. The average Bonchev–Trinajstić information content (AvgIpc) is 2.67. The minimum Gasteiger partial charge on any atom is -0.349 e. The van der Waals surface area contributed by atoms with Gasteiger partial charge in [-0.2, -0.15) is 10.1 Å². The summed E-state index contributed by atoms with van der Waals surface area (Å²) in [5, 5.41) is 11.3. The Kier molecular flexibility index (Phi) is 4.24. The van der Waals surface area contributed by atoms with Crippen LogP contribution in [0.4, 0.5) is 21.8 Å². The van der Waals surface area contributed by atoms with E-state index in [1.165, 1.54) is 23.4 Å². The number of fused-ring (bicyclic) bond motifs is 1. The van der Waals surface area contributed by atoms with Gasteiger partial charge in [0.15, 0.2) is 5.82 Å². The number of hydrogen-bond donors (Lipinski definition) is 1. The number of hydrogen-bond acceptors (Lipinski definition) is 5. The van der Waals surface area contributed by atoms with Crippen LogP contribution in [-0.4, -0.2) is 21.7 Å². The van der Waals surface area contributed by atoms with Gasteiger partial charge in [-0.15, -0.1) is 5.10 Å². The van der Waals surface area contributed by atoms with Gasteiger partial charge in [0, 0.05) is 18.8 Å². The third kappa shape index (κ3) is 3.42. The fourth-order valence-electron chi connectivity index (χ4n) is 3.05. The van der Waals surface area contributed by atoms with Gasteiger partial charge in [-0.25, -0.2) is 4.39 Å². The smallest absolute Gasteiger partial charge is 0.244 e. The number of halogens is 1. The maximum atomic E-state index is 13.0. The van der Waals surface area contributed by atoms with Crippen LogP contribution in [0.1, 0.15) is 17.5 Å². The third-order valence-corrected chi connectivity index (χ3v) is 4.30. The number of nitrogens with one attached hydrogen (secondary N) is 1. The highest BCUT2D eigenvalue weighted by molar-refractivity contribution is 5.65. The lowest BCUT2D eigenvalue weighted by atomic mass is 10.0. The first-order chi connectivity index (χ1) is 12.3. The van der Waals surface area contributed by atoms with Crippen LogP contribution in [0, 0.1) is 5.82 Å². The van der Waals surface area contributed by atoms with Crippen LogP contribution in [0.3, 0.4) is 0 Å². The van der Waals surface area contributed by atoms with Crippen molar-refractivity contribution >= 4 is 17.5 Å². The van der Waals surface area contributed by atoms with Crippen molar-refractivity contribution in [2.75, 3.05) is 16.8 Å². The van der Waals surface area contributed by atoms with Gasteiger partial charge < -0.3 is 10.2 Å². The molecule has 1 aromatic heterocycles. The Balaban J connectivity index is 1.53. The van der Waals surface area contributed by atoms with Gasteiger partial charge in [0.1, 0.15) is 5.82 Å². The molecule has 2 heterocycles. The summed E-state index contributed by atoms with van der Waals surface area (Å²) in [6, 6.07) is 14.7. The average molecular weight is 335 g/mol. The van der Waals surface area contributed by atoms with Crippen molar-refractivity contribution < 1.29 is 4.39 Å². The molecule has 6 heteroatoms. The second kappa shape index (κ2) is 6.84. The van der Waals surface area contributed by atoms with Gasteiger partial charge in [-0.3, -0.25) is 0 Å². The zero-order chi connectivity index (χ0) is 17.1. The quantitative estimate of drug-likeness (QED) is 0.788. The molecule has 0 saturated heterocycles. The Morgan fingerprint density at radius 1 is 1.08 bits per heavy atom. The molecule has 0 unspecified atom stereocenters. The van der Waals surface area contributed by atoms with Crippen LogP contribution in [0.15, 0.2) is 54.7 Å². The van der Waals surface area contributed by atoms with Crippen molar-refractivity contribution in [3.63, 3.8) is 0 Å². The molecule has 5 nitrogen and oxygen atoms in total. The summed E-state index contributed by atoms with van der Waals surface area (Å²) in [6.07, 6.45) is 3.85. The van der Waals surface area contributed by atoms with Crippen molar-refractivity contribution in [2.45, 2.75) is 19.4 Å². The fourth-order valence-corrected chi connectivity index (χ4v) is 3.05. The summed E-state index contributed by atoms with van der Waals surface area (Å²) >= 11 is 0. The highest BCUT2D eigenvalue weighted by Crippen LogP contribution is 2.31. The monoisotopic (exact) mass is 335 g/mol. The molecule has 2 aromatic carbocycles. The fraction of sp³-hybridized carbons (Fsp3) is 0.211. The summed E-state index contributed by atoms with van der Waals surface area (Å²) in [6.45, 7) is 1.43. The molecule has 1 aliphatic rings. The Morgan fingerprint density at radius 2 is 1.92 bits per heavy atom. The number of aryl methyl sites for hydroxylation is 1. The molecule has 0 bridgehead atoms. The first-order valence-corrected chi connectivity index (χ1v) is 8.33. The van der Waals surface area contributed by atoms with Crippen LogP contribution >= 0.6 is 0 Å². The molecule has 1 N–H and O–H groups in total. The van der Waals surface area contributed by atoms with E-state index in [-0.39, 0.29) is 5.82 Å². The molecule has 0 fully saturated rings. The third-order valence-electron chi connectivity index (χ3n) is 4.30. The highest BCUT2D eigenvalue weighted by atomic mass is 19.1. The van der Waals surface area contributed by atoms with E-state index >= 15 is 0 Å². The second-order valence-corrected chi connectivity index (χ2v) is 6.00. The van der Waals surface area contributed by atoms with E-state index in [0.29, 0.717) is 12.5 Å². The second-order valence-electron chi connectivity index (χ2n) is 6.00. The minimum absolute atomic E-state index is 0.243. The largest absolute Gasteiger partial charge is 0.349 e. The van der Waals surface area contributed by atoms with Crippen molar-refractivity contribution in [1.29, 1.82) is 0 Å². The van der Waals surface area contributed by atoms with E-state index in [1.807, 2.05) is 6.07 Å². The number of aromatic nitrogens is 3. The van der Waals surface area contributed by atoms with Crippen LogP contribution in [0.25, 0.3) is 0 Å². The molecule has 0 aliphatic carbocycles. The molecule has 25 heavy (non-hydrogen) atoms. The van der Waals surface area contributed by atoms with Gasteiger partial charge in [-0.05, 0) is 42.2 Å². The summed E-state index contributed by atoms with van der Waals surface area (Å²) in [7, 11) is 0. The van der Waals surface area contributed by atoms with E-state index in [1.54, 1.807) is 18.3 Å². The van der Waals surface area contributed by atoms with Gasteiger partial charge >= 0.3 is 0 Å². The molecule has 4 rings (SSSR count). The SMILES string of the molecule is Fc1ccc(CNc2nncc(N3CCCc4ccccc43)n2)cc1. The van der Waals surface area contributed by atoms with E-state index in [0.717, 1.165) is 30.8 Å². The van der Waals surface area contributed by atoms with Crippen LogP contribution < -0.4 is 10.2 Å². The highest BCUT2D eigenvalue weighted by Gasteiger charge is 2.19. The van der Waals surface area contributed by atoms with E-state index in [4.69, 9.17) is 0 Å². The first-order valence-electron chi connectivity index (χ1n) is 8.33. The number of para-hydroxylation sites is 1. The van der Waals surface area contributed by atoms with Crippen LogP contribution in [0.2, 0.25) is 0 Å². The lowest BCUT2D eigenvalue weighted by Crippen LogP contribution is -2.25. The molecule has 1 aliphatic heterocycles. The van der Waals surface area contributed by atoms with Gasteiger partial charge in [0.25, 0.3) is 0 Å². The van der Waals surface area contributed by atoms with Crippen molar-refractivity contribution in [1.82, 2.24) is 15.2 Å². The first kappa shape index (κ1) is 15.5. The molecule has 3 aromatic rings. The maximum Gasteiger partial charge on any atom is 0.244 e. The van der Waals surface area contributed by atoms with Crippen molar-refractivity contribution in [3.05, 3.63) is 71.7 Å². The lowest BCUT2D eigenvalue weighted by Gasteiger charge is -2.30. The Morgan fingerprint density at radius 3 is 2.80 bits per heavy atom. The number of rotatable bonds is 4. The summed E-state index contributed by atoms with van der Waals surface area (Å²) < 4.78 is 13.0. The molecule has 0 saturated carbocycles. The summed E-state index contributed by atoms with van der Waals surface area (Å²) in [5.74, 6) is 1.00. The van der Waals surface area contributed by atoms with Gasteiger partial charge in [0.2, 0.25) is 5.95 Å². The molecule has 0 radical (unpaired) electrons. The molecular weight excluding hydrogens is 317 g/mol. The molecule has 0 amide bonds. The zero-order valence-corrected chi connectivity index (χ0v) is 13.7. The topological polar surface area (TPSA) is 53.9 Å². The van der Waals surface area contributed by atoms with Crippen LogP contribution in [-0.2, 0) is 13.0 Å². The Bertz CT molecular complexity index is 866. The molecular formula is C19H18FN5. The van der Waals surface area contributed by atoms with Crippen molar-refractivity contribution in [2.24, 2.45) is 0 Å². The number of anilines is 3. The van der Waals surface area contributed by atoms with Gasteiger partial charge in [-0.1, -0.05) is 30.3 Å². The molecule has 0 atom stereocenters. The number of nitrogens with zero attached hydrogens (tertiary/aromatic N) is 4. The predicted octanol–water partition coefficient (Wildman–Crippen LogP) is 3.71. The zero-order valence-electron chi connectivity index (χ0n) is 13.7. The van der Waals surface area contributed by atoms with Crippen molar-refractivity contribution in [3.8, 4) is 0 Å².